The fraction of sp³-hybridized carbons (Fsp3) is 0.0435. The van der Waals surface area contributed by atoms with Crippen molar-refractivity contribution in [2.45, 2.75) is 0 Å². The molecule has 1 aliphatic heterocycles. The second-order valence-corrected chi connectivity index (χ2v) is 7.63. The first-order valence-electron chi connectivity index (χ1n) is 9.20. The average molecular weight is 472 g/mol. The van der Waals surface area contributed by atoms with Crippen LogP contribution in [-0.2, 0) is 4.74 Å². The standard InChI is InChI=1S/C23H12Cl2FNO5/c24-18-9-16-17(10-19(18)25)22(30)27(21(16)29)15-3-1-2-13(8-15)23(31)32-11-20(28)12-4-6-14(26)7-5-12/h1-10H,11H2. The molecule has 4 rings (SSSR count). The van der Waals surface area contributed by atoms with Crippen LogP contribution in [0.4, 0.5) is 10.1 Å². The zero-order chi connectivity index (χ0) is 23.0. The molecule has 9 heteroatoms. The zero-order valence-corrected chi connectivity index (χ0v) is 17.6. The number of hydrogen-bond donors (Lipinski definition) is 0. The van der Waals surface area contributed by atoms with E-state index < -0.39 is 36.0 Å². The van der Waals surface area contributed by atoms with Crippen LogP contribution in [0.1, 0.15) is 41.4 Å². The number of carbonyl (C=O) groups is 4. The van der Waals surface area contributed by atoms with Crippen molar-refractivity contribution >= 4 is 52.5 Å². The molecule has 2 amide bonds. The summed E-state index contributed by atoms with van der Waals surface area (Å²) < 4.78 is 18.0. The van der Waals surface area contributed by atoms with Gasteiger partial charge in [0, 0.05) is 5.56 Å². The predicted molar refractivity (Wildman–Crippen MR) is 115 cm³/mol. The predicted octanol–water partition coefficient (Wildman–Crippen LogP) is 4.97. The van der Waals surface area contributed by atoms with Gasteiger partial charge in [0.05, 0.1) is 32.4 Å². The summed E-state index contributed by atoms with van der Waals surface area (Å²) in [5, 5.41) is 0.271. The highest BCUT2D eigenvalue weighted by Crippen LogP contribution is 2.34. The van der Waals surface area contributed by atoms with Crippen LogP contribution in [0.15, 0.2) is 60.7 Å². The van der Waals surface area contributed by atoms with Gasteiger partial charge in [-0.1, -0.05) is 29.3 Å². The van der Waals surface area contributed by atoms with E-state index in [0.29, 0.717) is 0 Å². The number of anilines is 1. The van der Waals surface area contributed by atoms with Gasteiger partial charge in [-0.2, -0.15) is 0 Å². The third kappa shape index (κ3) is 4.00. The highest BCUT2D eigenvalue weighted by molar-refractivity contribution is 6.44. The highest BCUT2D eigenvalue weighted by Gasteiger charge is 2.37. The van der Waals surface area contributed by atoms with Gasteiger partial charge in [0.15, 0.2) is 12.4 Å². The Bertz CT molecular complexity index is 1250. The van der Waals surface area contributed by atoms with Gasteiger partial charge in [0.2, 0.25) is 0 Å². The lowest BCUT2D eigenvalue weighted by molar-refractivity contribution is 0.0474. The van der Waals surface area contributed by atoms with Crippen LogP contribution in [0, 0.1) is 5.82 Å². The fourth-order valence-corrected chi connectivity index (χ4v) is 3.50. The number of amides is 2. The Balaban J connectivity index is 1.52. The number of rotatable bonds is 5. The number of benzene rings is 3. The van der Waals surface area contributed by atoms with Crippen molar-refractivity contribution in [2.24, 2.45) is 0 Å². The normalized spacial score (nSPS) is 12.7. The maximum atomic E-state index is 13.0. The van der Waals surface area contributed by atoms with E-state index in [9.17, 15) is 23.6 Å². The van der Waals surface area contributed by atoms with Crippen LogP contribution in [0.3, 0.4) is 0 Å². The maximum absolute atomic E-state index is 13.0. The number of carbonyl (C=O) groups excluding carboxylic acids is 4. The highest BCUT2D eigenvalue weighted by atomic mass is 35.5. The van der Waals surface area contributed by atoms with Gasteiger partial charge in [-0.15, -0.1) is 0 Å². The molecule has 32 heavy (non-hydrogen) atoms. The van der Waals surface area contributed by atoms with Crippen LogP contribution in [0.2, 0.25) is 10.0 Å². The van der Waals surface area contributed by atoms with Crippen LogP contribution in [0.5, 0.6) is 0 Å². The Labute approximate surface area is 191 Å². The number of hydrogen-bond acceptors (Lipinski definition) is 5. The zero-order valence-electron chi connectivity index (χ0n) is 16.1. The molecule has 0 radical (unpaired) electrons. The van der Waals surface area contributed by atoms with Crippen molar-refractivity contribution in [3.05, 3.63) is 98.8 Å². The van der Waals surface area contributed by atoms with Crippen molar-refractivity contribution < 1.29 is 28.3 Å². The molecule has 160 valence electrons. The molecule has 0 N–H and O–H groups in total. The molecule has 0 spiro atoms. The van der Waals surface area contributed by atoms with Crippen molar-refractivity contribution in [3.8, 4) is 0 Å². The van der Waals surface area contributed by atoms with Gasteiger partial charge in [-0.25, -0.2) is 14.1 Å². The summed E-state index contributed by atoms with van der Waals surface area (Å²) in [6, 6.07) is 13.1. The maximum Gasteiger partial charge on any atom is 0.338 e. The number of nitrogens with zero attached hydrogens (tertiary/aromatic N) is 1. The van der Waals surface area contributed by atoms with Crippen molar-refractivity contribution in [1.29, 1.82) is 0 Å². The number of imide groups is 1. The summed E-state index contributed by atoms with van der Waals surface area (Å²) in [5.74, 6) is -3.05. The number of esters is 1. The van der Waals surface area contributed by atoms with Crippen LogP contribution in [-0.4, -0.2) is 30.2 Å². The Morgan fingerprint density at radius 2 is 1.44 bits per heavy atom. The molecule has 3 aromatic rings. The molecule has 1 aliphatic rings. The minimum absolute atomic E-state index is 0.0297. The van der Waals surface area contributed by atoms with Crippen molar-refractivity contribution in [1.82, 2.24) is 0 Å². The van der Waals surface area contributed by atoms with Gasteiger partial charge in [-0.05, 0) is 54.6 Å². The molecule has 0 unspecified atom stereocenters. The summed E-state index contributed by atoms with van der Waals surface area (Å²) in [6.45, 7) is -0.557. The molecule has 0 aromatic heterocycles. The minimum Gasteiger partial charge on any atom is -0.454 e. The van der Waals surface area contributed by atoms with E-state index in [1.54, 1.807) is 0 Å². The van der Waals surface area contributed by atoms with Crippen molar-refractivity contribution in [2.75, 3.05) is 11.5 Å². The molecule has 1 heterocycles. The van der Waals surface area contributed by atoms with Crippen LogP contribution in [0.25, 0.3) is 0 Å². The van der Waals surface area contributed by atoms with E-state index in [1.165, 1.54) is 48.5 Å². The lowest BCUT2D eigenvalue weighted by Gasteiger charge is -2.14. The molecule has 0 aliphatic carbocycles. The van der Waals surface area contributed by atoms with Crippen LogP contribution >= 0.6 is 23.2 Å². The monoisotopic (exact) mass is 471 g/mol. The largest absolute Gasteiger partial charge is 0.454 e. The van der Waals surface area contributed by atoms with Crippen molar-refractivity contribution in [3.63, 3.8) is 0 Å². The third-order valence-corrected chi connectivity index (χ3v) is 5.49. The third-order valence-electron chi connectivity index (χ3n) is 4.77. The SMILES string of the molecule is O=C(COC(=O)c1cccc(N2C(=O)c3cc(Cl)c(Cl)cc3C2=O)c1)c1ccc(F)cc1. The number of fused-ring (bicyclic) bond motifs is 1. The lowest BCUT2D eigenvalue weighted by Crippen LogP contribution is -2.29. The van der Waals surface area contributed by atoms with E-state index in [2.05, 4.69) is 0 Å². The van der Waals surface area contributed by atoms with E-state index in [4.69, 9.17) is 27.9 Å². The Morgan fingerprint density at radius 3 is 2.03 bits per heavy atom. The van der Waals surface area contributed by atoms with Gasteiger partial charge >= 0.3 is 5.97 Å². The molecular weight excluding hydrogens is 460 g/mol. The lowest BCUT2D eigenvalue weighted by atomic mass is 10.1. The molecule has 0 fully saturated rings. The van der Waals surface area contributed by atoms with E-state index >= 15 is 0 Å². The summed E-state index contributed by atoms with van der Waals surface area (Å²) in [4.78, 5) is 51.0. The number of halogens is 3. The minimum atomic E-state index is -0.829. The second kappa shape index (κ2) is 8.53. The Morgan fingerprint density at radius 1 is 0.844 bits per heavy atom. The fourth-order valence-electron chi connectivity index (χ4n) is 3.17. The van der Waals surface area contributed by atoms with Gasteiger partial charge < -0.3 is 4.74 Å². The van der Waals surface area contributed by atoms with Crippen LogP contribution < -0.4 is 4.90 Å². The quantitative estimate of drug-likeness (QED) is 0.298. The first kappa shape index (κ1) is 21.7. The summed E-state index contributed by atoms with van der Waals surface area (Å²) in [5.41, 5.74) is 0.561. The molecule has 6 nitrogen and oxygen atoms in total. The average Bonchev–Trinajstić information content (AvgIpc) is 3.02. The van der Waals surface area contributed by atoms with E-state index in [-0.39, 0.29) is 38.0 Å². The Kier molecular flexibility index (Phi) is 5.78. The first-order valence-corrected chi connectivity index (χ1v) is 9.95. The smallest absolute Gasteiger partial charge is 0.338 e. The van der Waals surface area contributed by atoms with Gasteiger partial charge in [0.25, 0.3) is 11.8 Å². The molecule has 0 saturated heterocycles. The van der Waals surface area contributed by atoms with Gasteiger partial charge in [-0.3, -0.25) is 14.4 Å². The molecule has 0 atom stereocenters. The summed E-state index contributed by atoms with van der Waals surface area (Å²) in [7, 11) is 0. The van der Waals surface area contributed by atoms with E-state index in [1.807, 2.05) is 0 Å². The first-order chi connectivity index (χ1) is 15.3. The molecular formula is C23H12Cl2FNO5. The Hall–Kier alpha value is -3.55. The topological polar surface area (TPSA) is 80.8 Å². The van der Waals surface area contributed by atoms with E-state index in [0.717, 1.165) is 17.0 Å². The number of ketones is 1. The second-order valence-electron chi connectivity index (χ2n) is 6.81. The summed E-state index contributed by atoms with van der Waals surface area (Å²) in [6.07, 6.45) is 0. The number of ether oxygens (including phenoxy) is 1. The number of Topliss-reactive ketones (excluding diaryl/α,β-unsaturated/α-hetero) is 1. The molecule has 0 bridgehead atoms. The summed E-state index contributed by atoms with van der Waals surface area (Å²) >= 11 is 11.9. The molecule has 0 saturated carbocycles. The van der Waals surface area contributed by atoms with Gasteiger partial charge in [0.1, 0.15) is 5.82 Å². The molecule has 3 aromatic carbocycles.